The molecule has 0 aliphatic carbocycles. The van der Waals surface area contributed by atoms with Gasteiger partial charge in [0.25, 0.3) is 0 Å². The monoisotopic (exact) mass is 608 g/mol. The number of nitrogens with one attached hydrogen (secondary N) is 1. The molecule has 2 aromatic carbocycles. The van der Waals surface area contributed by atoms with Crippen LogP contribution >= 0.6 is 0 Å². The van der Waals surface area contributed by atoms with Crippen molar-refractivity contribution >= 4 is 11.8 Å². The van der Waals surface area contributed by atoms with E-state index in [1.54, 1.807) is 61.5 Å². The van der Waals surface area contributed by atoms with Crippen molar-refractivity contribution in [1.29, 1.82) is 0 Å². The molecule has 0 unspecified atom stereocenters. The number of amides is 2. The molecular formula is C34H42F2N4O4. The van der Waals surface area contributed by atoms with E-state index in [0.29, 0.717) is 42.0 Å². The van der Waals surface area contributed by atoms with Gasteiger partial charge in [0.2, 0.25) is 11.8 Å². The molecule has 236 valence electrons. The third-order valence-electron chi connectivity index (χ3n) is 8.14. The maximum atomic E-state index is 15.3. The Hall–Kier alpha value is -3.89. The van der Waals surface area contributed by atoms with Gasteiger partial charge >= 0.3 is 0 Å². The lowest BCUT2D eigenvalue weighted by molar-refractivity contribution is -0.151. The van der Waals surface area contributed by atoms with Crippen molar-refractivity contribution < 1.29 is 27.8 Å². The summed E-state index contributed by atoms with van der Waals surface area (Å²) in [6.07, 6.45) is 2.07. The number of rotatable bonds is 11. The molecule has 44 heavy (non-hydrogen) atoms. The highest BCUT2D eigenvalue weighted by Gasteiger charge is 2.42. The van der Waals surface area contributed by atoms with Crippen LogP contribution in [0.4, 0.5) is 8.78 Å². The molecular weight excluding hydrogens is 566 g/mol. The van der Waals surface area contributed by atoms with E-state index >= 15 is 4.39 Å². The third-order valence-corrected chi connectivity index (χ3v) is 8.14. The fourth-order valence-electron chi connectivity index (χ4n) is 5.77. The first-order valence-corrected chi connectivity index (χ1v) is 14.9. The number of aromatic nitrogens is 1. The fraction of sp³-hybridized carbons (Fsp3) is 0.441. The van der Waals surface area contributed by atoms with Gasteiger partial charge in [0, 0.05) is 57.1 Å². The Bertz CT molecular complexity index is 1450. The molecule has 3 atom stereocenters. The van der Waals surface area contributed by atoms with E-state index < -0.39 is 17.9 Å². The molecule has 1 fully saturated rings. The van der Waals surface area contributed by atoms with Crippen LogP contribution in [0.2, 0.25) is 0 Å². The van der Waals surface area contributed by atoms with Gasteiger partial charge in [-0.3, -0.25) is 19.5 Å². The number of carbonyl (C=O) groups excluding carboxylic acids is 2. The molecule has 2 heterocycles. The number of benzene rings is 2. The summed E-state index contributed by atoms with van der Waals surface area (Å²) in [5, 5.41) is 3.00. The Balaban J connectivity index is 1.56. The highest BCUT2D eigenvalue weighted by atomic mass is 19.1. The summed E-state index contributed by atoms with van der Waals surface area (Å²) in [5.74, 6) is -1.37. The van der Waals surface area contributed by atoms with Crippen LogP contribution in [0.15, 0.2) is 54.7 Å². The normalized spacial score (nSPS) is 17.9. The molecule has 1 saturated heterocycles. The van der Waals surface area contributed by atoms with E-state index in [4.69, 9.17) is 9.47 Å². The van der Waals surface area contributed by atoms with Gasteiger partial charge in [-0.1, -0.05) is 50.2 Å². The smallest absolute Gasteiger partial charge is 0.244 e. The molecule has 1 aliphatic heterocycles. The zero-order valence-corrected chi connectivity index (χ0v) is 26.3. The molecule has 0 spiro atoms. The number of hydrogen-bond donors (Lipinski definition) is 1. The second-order valence-corrected chi connectivity index (χ2v) is 11.6. The highest BCUT2D eigenvalue weighted by Crippen LogP contribution is 2.32. The van der Waals surface area contributed by atoms with Crippen LogP contribution < -0.4 is 10.1 Å². The van der Waals surface area contributed by atoms with Crippen molar-refractivity contribution in [3.05, 3.63) is 83.2 Å². The van der Waals surface area contributed by atoms with Crippen molar-refractivity contribution in [3.63, 3.8) is 0 Å². The summed E-state index contributed by atoms with van der Waals surface area (Å²) in [7, 11) is 3.02. The topological polar surface area (TPSA) is 84.0 Å². The van der Waals surface area contributed by atoms with Crippen molar-refractivity contribution in [2.24, 2.45) is 5.92 Å². The predicted octanol–water partition coefficient (Wildman–Crippen LogP) is 5.30. The Morgan fingerprint density at radius 3 is 2.43 bits per heavy atom. The SMILES string of the molecule is COCC[C@H](c1nccc(C)c1F)N1C[C@@H](C)N(C(=O)C(C)C)[C@@H](C(=O)NCc2ccc(-c3cccc(OC)c3F)cc2)C1. The van der Waals surface area contributed by atoms with Crippen LogP contribution in [-0.4, -0.2) is 72.6 Å². The Morgan fingerprint density at radius 1 is 1.05 bits per heavy atom. The maximum Gasteiger partial charge on any atom is 0.244 e. The first-order valence-electron chi connectivity index (χ1n) is 14.9. The molecule has 0 bridgehead atoms. The molecule has 0 saturated carbocycles. The van der Waals surface area contributed by atoms with Crippen LogP contribution in [0.3, 0.4) is 0 Å². The molecule has 1 N–H and O–H groups in total. The van der Waals surface area contributed by atoms with Gasteiger partial charge < -0.3 is 19.7 Å². The molecule has 1 aromatic heterocycles. The zero-order valence-electron chi connectivity index (χ0n) is 26.3. The van der Waals surface area contributed by atoms with Crippen LogP contribution in [0.25, 0.3) is 11.1 Å². The van der Waals surface area contributed by atoms with Crippen molar-refractivity contribution in [3.8, 4) is 16.9 Å². The number of methoxy groups -OCH3 is 2. The van der Waals surface area contributed by atoms with Gasteiger partial charge in [-0.2, -0.15) is 0 Å². The number of nitrogens with zero attached hydrogens (tertiary/aromatic N) is 3. The van der Waals surface area contributed by atoms with E-state index in [1.807, 2.05) is 37.8 Å². The average Bonchev–Trinajstić information content (AvgIpc) is 3.01. The molecule has 0 radical (unpaired) electrons. The molecule has 4 rings (SSSR count). The van der Waals surface area contributed by atoms with E-state index in [-0.39, 0.29) is 48.4 Å². The van der Waals surface area contributed by atoms with Crippen LogP contribution in [0.5, 0.6) is 5.75 Å². The average molecular weight is 609 g/mol. The fourth-order valence-corrected chi connectivity index (χ4v) is 5.77. The number of carbonyl (C=O) groups is 2. The minimum absolute atomic E-state index is 0.115. The van der Waals surface area contributed by atoms with E-state index in [1.165, 1.54) is 7.11 Å². The number of aryl methyl sites for hydroxylation is 1. The van der Waals surface area contributed by atoms with Crippen LogP contribution in [0.1, 0.15) is 50.1 Å². The minimum Gasteiger partial charge on any atom is -0.494 e. The summed E-state index contributed by atoms with van der Waals surface area (Å²) in [6, 6.07) is 12.3. The minimum atomic E-state index is -0.795. The Labute approximate surface area is 258 Å². The number of piperazine rings is 1. The Kier molecular flexibility index (Phi) is 11.0. The van der Waals surface area contributed by atoms with Gasteiger partial charge in [0.05, 0.1) is 18.8 Å². The van der Waals surface area contributed by atoms with Gasteiger partial charge in [0.1, 0.15) is 11.9 Å². The summed E-state index contributed by atoms with van der Waals surface area (Å²) in [5.41, 5.74) is 2.72. The van der Waals surface area contributed by atoms with Crippen molar-refractivity contribution in [2.45, 2.75) is 58.8 Å². The van der Waals surface area contributed by atoms with Gasteiger partial charge in [0.15, 0.2) is 11.6 Å². The second kappa shape index (κ2) is 14.7. The second-order valence-electron chi connectivity index (χ2n) is 11.6. The summed E-state index contributed by atoms with van der Waals surface area (Å²) < 4.78 is 40.5. The summed E-state index contributed by atoms with van der Waals surface area (Å²) in [4.78, 5) is 35.2. The van der Waals surface area contributed by atoms with Gasteiger partial charge in [-0.05, 0) is 49.1 Å². The standard InChI is InChI=1S/C34H42F2N4O4/c1-21(2)34(42)40-23(4)19-39(27(15-17-43-5)32-30(35)22(3)14-16-37-32)20-28(40)33(41)38-18-24-10-12-25(13-11-24)26-8-7-9-29(44-6)31(26)36/h7-14,16,21,23,27-28H,15,17-20H2,1-6H3,(H,38,41)/t23-,27-,28-/m1/s1. The summed E-state index contributed by atoms with van der Waals surface area (Å²) >= 11 is 0. The number of hydrogen-bond acceptors (Lipinski definition) is 6. The molecule has 3 aromatic rings. The van der Waals surface area contributed by atoms with Crippen molar-refractivity contribution in [2.75, 3.05) is 33.9 Å². The molecule has 1 aliphatic rings. The van der Waals surface area contributed by atoms with E-state index in [2.05, 4.69) is 10.3 Å². The first-order chi connectivity index (χ1) is 21.1. The van der Waals surface area contributed by atoms with Gasteiger partial charge in [-0.25, -0.2) is 8.78 Å². The van der Waals surface area contributed by atoms with Crippen LogP contribution in [0, 0.1) is 24.5 Å². The summed E-state index contributed by atoms with van der Waals surface area (Å²) in [6.45, 7) is 8.51. The van der Waals surface area contributed by atoms with E-state index in [9.17, 15) is 14.0 Å². The molecule has 10 heteroatoms. The lowest BCUT2D eigenvalue weighted by Crippen LogP contribution is -2.65. The number of ether oxygens (including phenoxy) is 2. The maximum absolute atomic E-state index is 15.3. The lowest BCUT2D eigenvalue weighted by Gasteiger charge is -2.47. The van der Waals surface area contributed by atoms with Gasteiger partial charge in [-0.15, -0.1) is 0 Å². The Morgan fingerprint density at radius 2 is 1.77 bits per heavy atom. The third kappa shape index (κ3) is 7.25. The predicted molar refractivity (Wildman–Crippen MR) is 165 cm³/mol. The first kappa shape index (κ1) is 33.0. The molecule has 2 amide bonds. The largest absolute Gasteiger partial charge is 0.494 e. The number of halogens is 2. The number of pyridine rings is 1. The molecule has 8 nitrogen and oxygen atoms in total. The zero-order chi connectivity index (χ0) is 32.0. The highest BCUT2D eigenvalue weighted by molar-refractivity contribution is 5.89. The lowest BCUT2D eigenvalue weighted by atomic mass is 9.97. The van der Waals surface area contributed by atoms with E-state index in [0.717, 1.165) is 5.56 Å². The van der Waals surface area contributed by atoms with Crippen LogP contribution in [-0.2, 0) is 20.9 Å². The van der Waals surface area contributed by atoms with Crippen molar-refractivity contribution in [1.82, 2.24) is 20.1 Å². The quantitative estimate of drug-likeness (QED) is 0.318.